The first-order valence-electron chi connectivity index (χ1n) is 9.40. The van der Waals surface area contributed by atoms with Crippen molar-refractivity contribution in [2.75, 3.05) is 5.32 Å². The summed E-state index contributed by atoms with van der Waals surface area (Å²) in [6.45, 7) is 3.41. The molecule has 0 atom stereocenters. The maximum absolute atomic E-state index is 13.5. The minimum atomic E-state index is -0.291. The first kappa shape index (κ1) is 18.5. The molecule has 1 aromatic heterocycles. The summed E-state index contributed by atoms with van der Waals surface area (Å²) in [5.74, 6) is -0.291. The average molecular weight is 383 g/mol. The maximum Gasteiger partial charge on any atom is 0.296 e. The average Bonchev–Trinajstić information content (AvgIpc) is 3.02. The monoisotopic (exact) mass is 383 g/mol. The molecular formula is C24H21N3O2. The van der Waals surface area contributed by atoms with Gasteiger partial charge in [0.05, 0.1) is 11.4 Å². The van der Waals surface area contributed by atoms with Gasteiger partial charge < -0.3 is 5.32 Å². The van der Waals surface area contributed by atoms with Gasteiger partial charge in [0.1, 0.15) is 11.4 Å². The first-order chi connectivity index (χ1) is 14.1. The van der Waals surface area contributed by atoms with Crippen LogP contribution in [-0.4, -0.2) is 15.3 Å². The van der Waals surface area contributed by atoms with E-state index in [1.54, 1.807) is 4.68 Å². The SMILES string of the molecule is CC(=O)Nc1c(-c2ccccc2)n(-c2ccccc2)n(-c2ccc(C)cc2)c1=O. The molecule has 29 heavy (non-hydrogen) atoms. The fourth-order valence-electron chi connectivity index (χ4n) is 3.39. The molecule has 0 aliphatic heterocycles. The number of hydrogen-bond donors (Lipinski definition) is 1. The van der Waals surface area contributed by atoms with Crippen molar-refractivity contribution in [2.24, 2.45) is 0 Å². The van der Waals surface area contributed by atoms with E-state index >= 15 is 0 Å². The van der Waals surface area contributed by atoms with Crippen LogP contribution in [0.3, 0.4) is 0 Å². The largest absolute Gasteiger partial charge is 0.320 e. The number of aryl methyl sites for hydroxylation is 1. The number of carbonyl (C=O) groups is 1. The van der Waals surface area contributed by atoms with Gasteiger partial charge in [-0.2, -0.15) is 0 Å². The summed E-state index contributed by atoms with van der Waals surface area (Å²) in [5, 5.41) is 2.76. The predicted octanol–water partition coefficient (Wildman–Crippen LogP) is 4.56. The molecule has 144 valence electrons. The number of para-hydroxylation sites is 1. The fraction of sp³-hybridized carbons (Fsp3) is 0.0833. The Balaban J connectivity index is 2.13. The van der Waals surface area contributed by atoms with Crippen molar-refractivity contribution in [3.63, 3.8) is 0 Å². The fourth-order valence-corrected chi connectivity index (χ4v) is 3.39. The summed E-state index contributed by atoms with van der Waals surface area (Å²) >= 11 is 0. The van der Waals surface area contributed by atoms with Crippen LogP contribution in [0.25, 0.3) is 22.6 Å². The molecule has 4 aromatic rings. The number of amides is 1. The van der Waals surface area contributed by atoms with E-state index < -0.39 is 0 Å². The second-order valence-corrected chi connectivity index (χ2v) is 6.87. The van der Waals surface area contributed by atoms with E-state index in [9.17, 15) is 9.59 Å². The lowest BCUT2D eigenvalue weighted by Gasteiger charge is -2.16. The van der Waals surface area contributed by atoms with Crippen molar-refractivity contribution in [1.82, 2.24) is 9.36 Å². The number of carbonyl (C=O) groups excluding carboxylic acids is 1. The molecule has 1 heterocycles. The number of hydrogen-bond acceptors (Lipinski definition) is 2. The summed E-state index contributed by atoms with van der Waals surface area (Å²) < 4.78 is 3.45. The zero-order chi connectivity index (χ0) is 20.4. The molecule has 0 radical (unpaired) electrons. The van der Waals surface area contributed by atoms with Crippen LogP contribution in [0.15, 0.2) is 89.7 Å². The summed E-state index contributed by atoms with van der Waals surface area (Å²) in [4.78, 5) is 25.4. The molecule has 0 saturated heterocycles. The van der Waals surface area contributed by atoms with Crippen molar-refractivity contribution in [2.45, 2.75) is 13.8 Å². The molecular weight excluding hydrogens is 362 g/mol. The number of nitrogens with zero attached hydrogens (tertiary/aromatic N) is 2. The smallest absolute Gasteiger partial charge is 0.296 e. The number of anilines is 1. The van der Waals surface area contributed by atoms with Gasteiger partial charge >= 0.3 is 0 Å². The van der Waals surface area contributed by atoms with Crippen molar-refractivity contribution in [3.05, 3.63) is 101 Å². The molecule has 3 aromatic carbocycles. The van der Waals surface area contributed by atoms with E-state index in [0.29, 0.717) is 5.69 Å². The molecule has 0 aliphatic rings. The van der Waals surface area contributed by atoms with Crippen molar-refractivity contribution < 1.29 is 4.79 Å². The second-order valence-electron chi connectivity index (χ2n) is 6.87. The molecule has 0 aliphatic carbocycles. The van der Waals surface area contributed by atoms with Crippen molar-refractivity contribution in [3.8, 4) is 22.6 Å². The van der Waals surface area contributed by atoms with Gasteiger partial charge in [-0.1, -0.05) is 66.2 Å². The van der Waals surface area contributed by atoms with E-state index in [1.807, 2.05) is 96.5 Å². The van der Waals surface area contributed by atoms with Crippen molar-refractivity contribution in [1.29, 1.82) is 0 Å². The normalized spacial score (nSPS) is 10.7. The van der Waals surface area contributed by atoms with Gasteiger partial charge in [0, 0.05) is 12.5 Å². The van der Waals surface area contributed by atoms with Crippen LogP contribution in [0.5, 0.6) is 0 Å². The van der Waals surface area contributed by atoms with Crippen LogP contribution < -0.4 is 10.9 Å². The van der Waals surface area contributed by atoms with Gasteiger partial charge in [-0.05, 0) is 31.2 Å². The minimum Gasteiger partial charge on any atom is -0.320 e. The van der Waals surface area contributed by atoms with Gasteiger partial charge in [0.15, 0.2) is 0 Å². The Hall–Kier alpha value is -3.86. The Morgan fingerprint density at radius 3 is 1.90 bits per heavy atom. The first-order valence-corrected chi connectivity index (χ1v) is 9.40. The van der Waals surface area contributed by atoms with E-state index in [4.69, 9.17) is 0 Å². The molecule has 5 heteroatoms. The molecule has 0 fully saturated rings. The summed E-state index contributed by atoms with van der Waals surface area (Å²) in [5.41, 5.74) is 4.09. The Kier molecular flexibility index (Phi) is 4.87. The van der Waals surface area contributed by atoms with E-state index in [-0.39, 0.29) is 17.2 Å². The third-order valence-electron chi connectivity index (χ3n) is 4.68. The van der Waals surface area contributed by atoms with Gasteiger partial charge in [-0.25, -0.2) is 9.36 Å². The van der Waals surface area contributed by atoms with Crippen LogP contribution in [-0.2, 0) is 4.79 Å². The highest BCUT2D eigenvalue weighted by atomic mass is 16.2. The zero-order valence-electron chi connectivity index (χ0n) is 16.3. The third-order valence-corrected chi connectivity index (χ3v) is 4.68. The van der Waals surface area contributed by atoms with Crippen LogP contribution in [0.2, 0.25) is 0 Å². The summed E-state index contributed by atoms with van der Waals surface area (Å²) in [6, 6.07) is 27.0. The molecule has 1 amide bonds. The molecule has 0 saturated carbocycles. The molecule has 0 unspecified atom stereocenters. The minimum absolute atomic E-state index is 0.258. The molecule has 0 spiro atoms. The van der Waals surface area contributed by atoms with Crippen LogP contribution >= 0.6 is 0 Å². The topological polar surface area (TPSA) is 56.0 Å². The lowest BCUT2D eigenvalue weighted by atomic mass is 10.1. The lowest BCUT2D eigenvalue weighted by Crippen LogP contribution is -2.22. The van der Waals surface area contributed by atoms with E-state index in [0.717, 1.165) is 22.5 Å². The van der Waals surface area contributed by atoms with Crippen LogP contribution in [0.1, 0.15) is 12.5 Å². The second kappa shape index (κ2) is 7.64. The van der Waals surface area contributed by atoms with Gasteiger partial charge in [0.2, 0.25) is 5.91 Å². The van der Waals surface area contributed by atoms with Crippen LogP contribution in [0, 0.1) is 6.92 Å². The Morgan fingerprint density at radius 2 is 1.31 bits per heavy atom. The highest BCUT2D eigenvalue weighted by Gasteiger charge is 2.24. The quantitative estimate of drug-likeness (QED) is 0.562. The molecule has 5 nitrogen and oxygen atoms in total. The summed E-state index contributed by atoms with van der Waals surface area (Å²) in [6.07, 6.45) is 0. The van der Waals surface area contributed by atoms with Gasteiger partial charge in [-0.3, -0.25) is 9.59 Å². The number of benzene rings is 3. The van der Waals surface area contributed by atoms with E-state index in [2.05, 4.69) is 5.32 Å². The highest BCUT2D eigenvalue weighted by molar-refractivity contribution is 5.93. The Bertz CT molecular complexity index is 1200. The van der Waals surface area contributed by atoms with Gasteiger partial charge in [-0.15, -0.1) is 0 Å². The van der Waals surface area contributed by atoms with Crippen molar-refractivity contribution >= 4 is 11.6 Å². The van der Waals surface area contributed by atoms with Gasteiger partial charge in [0.25, 0.3) is 5.56 Å². The van der Waals surface area contributed by atoms with Crippen LogP contribution in [0.4, 0.5) is 5.69 Å². The highest BCUT2D eigenvalue weighted by Crippen LogP contribution is 2.30. The predicted molar refractivity (Wildman–Crippen MR) is 116 cm³/mol. The molecule has 4 rings (SSSR count). The Labute approximate surface area is 168 Å². The zero-order valence-corrected chi connectivity index (χ0v) is 16.3. The Morgan fingerprint density at radius 1 is 0.759 bits per heavy atom. The molecule has 1 N–H and O–H groups in total. The number of nitrogens with one attached hydrogen (secondary N) is 1. The maximum atomic E-state index is 13.5. The third kappa shape index (κ3) is 3.50. The van der Waals surface area contributed by atoms with E-state index in [1.165, 1.54) is 6.92 Å². The number of aromatic nitrogens is 2. The lowest BCUT2D eigenvalue weighted by molar-refractivity contribution is -0.114. The molecule has 0 bridgehead atoms. The standard InChI is InChI=1S/C24H21N3O2/c1-17-13-15-21(16-14-17)27-24(29)22(25-18(2)28)23(19-9-5-3-6-10-19)26(27)20-11-7-4-8-12-20/h3-16H,1-2H3,(H,25,28). The summed E-state index contributed by atoms with van der Waals surface area (Å²) in [7, 11) is 0. The number of rotatable bonds is 4.